The lowest BCUT2D eigenvalue weighted by atomic mass is 10.1. The largest absolute Gasteiger partial charge is 0.338 e. The molecule has 0 saturated heterocycles. The monoisotopic (exact) mass is 474 g/mol. The van der Waals surface area contributed by atoms with E-state index >= 15 is 0 Å². The van der Waals surface area contributed by atoms with E-state index < -0.39 is 0 Å². The summed E-state index contributed by atoms with van der Waals surface area (Å²) in [5.74, 6) is 0.0199. The van der Waals surface area contributed by atoms with E-state index in [1.807, 2.05) is 33.7 Å². The van der Waals surface area contributed by atoms with Gasteiger partial charge >= 0.3 is 0 Å². The van der Waals surface area contributed by atoms with Gasteiger partial charge in [0.2, 0.25) is 5.91 Å². The van der Waals surface area contributed by atoms with Crippen molar-refractivity contribution in [1.29, 1.82) is 0 Å². The SMILES string of the molecule is CC1Cc2cc(Br)ccc2N1C(=O)Cn1ccc(=O)c2cc(Br)ccc21. The smallest absolute Gasteiger partial charge is 0.247 e. The van der Waals surface area contributed by atoms with Gasteiger partial charge in [0, 0.05) is 38.3 Å². The van der Waals surface area contributed by atoms with Crippen LogP contribution in [0.5, 0.6) is 0 Å². The van der Waals surface area contributed by atoms with E-state index in [1.54, 1.807) is 12.3 Å². The van der Waals surface area contributed by atoms with E-state index in [-0.39, 0.29) is 23.9 Å². The topological polar surface area (TPSA) is 42.3 Å². The van der Waals surface area contributed by atoms with Crippen LogP contribution in [0.3, 0.4) is 0 Å². The molecule has 1 aliphatic rings. The van der Waals surface area contributed by atoms with Crippen molar-refractivity contribution in [2.24, 2.45) is 0 Å². The average Bonchev–Trinajstić information content (AvgIpc) is 2.92. The maximum absolute atomic E-state index is 13.1. The molecule has 4 nitrogen and oxygen atoms in total. The summed E-state index contributed by atoms with van der Waals surface area (Å²) in [7, 11) is 0. The van der Waals surface area contributed by atoms with Crippen LogP contribution in [0, 0.1) is 0 Å². The van der Waals surface area contributed by atoms with Crippen LogP contribution >= 0.6 is 31.9 Å². The van der Waals surface area contributed by atoms with Crippen LogP contribution < -0.4 is 10.3 Å². The number of halogens is 2. The van der Waals surface area contributed by atoms with Gasteiger partial charge in [-0.05, 0) is 55.3 Å². The predicted octanol–water partition coefficient (Wildman–Crippen LogP) is 4.50. The summed E-state index contributed by atoms with van der Waals surface area (Å²) in [4.78, 5) is 27.1. The molecule has 0 saturated carbocycles. The minimum absolute atomic E-state index is 0.0199. The summed E-state index contributed by atoms with van der Waals surface area (Å²) >= 11 is 6.89. The first-order chi connectivity index (χ1) is 12.4. The summed E-state index contributed by atoms with van der Waals surface area (Å²) < 4.78 is 3.71. The number of rotatable bonds is 2. The van der Waals surface area contributed by atoms with Crippen LogP contribution in [-0.4, -0.2) is 16.5 Å². The van der Waals surface area contributed by atoms with Gasteiger partial charge in [0.05, 0.1) is 5.52 Å². The molecule has 3 aromatic rings. The molecule has 0 spiro atoms. The van der Waals surface area contributed by atoms with E-state index in [4.69, 9.17) is 0 Å². The standard InChI is InChI=1S/C20H16Br2N2O2/c1-12-8-13-9-14(21)2-4-17(13)24(12)20(26)11-23-7-6-19(25)16-10-15(22)3-5-18(16)23/h2-7,9-10,12H,8,11H2,1H3. The molecule has 0 aliphatic carbocycles. The van der Waals surface area contributed by atoms with Crippen LogP contribution in [0.25, 0.3) is 10.9 Å². The number of nitrogens with zero attached hydrogens (tertiary/aromatic N) is 2. The third kappa shape index (κ3) is 3.01. The Labute approximate surface area is 167 Å². The van der Waals surface area contributed by atoms with Gasteiger partial charge in [-0.2, -0.15) is 0 Å². The van der Waals surface area contributed by atoms with Crippen molar-refractivity contribution in [2.45, 2.75) is 25.9 Å². The highest BCUT2D eigenvalue weighted by Crippen LogP contribution is 2.34. The zero-order valence-corrected chi connectivity index (χ0v) is 17.2. The van der Waals surface area contributed by atoms with E-state index in [0.717, 1.165) is 26.6 Å². The van der Waals surface area contributed by atoms with Crippen molar-refractivity contribution in [3.8, 4) is 0 Å². The number of pyridine rings is 1. The van der Waals surface area contributed by atoms with Crippen molar-refractivity contribution >= 4 is 54.4 Å². The summed E-state index contributed by atoms with van der Waals surface area (Å²) in [6.07, 6.45) is 2.54. The Hall–Kier alpha value is -1.92. The molecule has 2 aromatic carbocycles. The Kier molecular flexibility index (Phi) is 4.49. The molecule has 132 valence electrons. The number of anilines is 1. The van der Waals surface area contributed by atoms with Crippen LogP contribution in [0.1, 0.15) is 12.5 Å². The van der Waals surface area contributed by atoms with Gasteiger partial charge < -0.3 is 9.47 Å². The van der Waals surface area contributed by atoms with Crippen LogP contribution in [0.4, 0.5) is 5.69 Å². The lowest BCUT2D eigenvalue weighted by molar-refractivity contribution is -0.119. The van der Waals surface area contributed by atoms with Gasteiger partial charge in [-0.1, -0.05) is 31.9 Å². The highest BCUT2D eigenvalue weighted by Gasteiger charge is 2.31. The second-order valence-electron chi connectivity index (χ2n) is 6.56. The Morgan fingerprint density at radius 3 is 2.65 bits per heavy atom. The maximum Gasteiger partial charge on any atom is 0.247 e. The number of carbonyl (C=O) groups is 1. The second-order valence-corrected chi connectivity index (χ2v) is 8.39. The van der Waals surface area contributed by atoms with Gasteiger partial charge in [0.1, 0.15) is 6.54 Å². The average molecular weight is 476 g/mol. The van der Waals surface area contributed by atoms with Crippen LogP contribution in [-0.2, 0) is 17.8 Å². The third-order valence-corrected chi connectivity index (χ3v) is 5.76. The molecule has 4 rings (SSSR count). The molecule has 0 N–H and O–H groups in total. The van der Waals surface area contributed by atoms with Gasteiger partial charge in [0.15, 0.2) is 5.43 Å². The number of amides is 1. The number of benzene rings is 2. The fraction of sp³-hybridized carbons (Fsp3) is 0.200. The summed E-state index contributed by atoms with van der Waals surface area (Å²) in [5.41, 5.74) is 2.86. The van der Waals surface area contributed by atoms with Crippen molar-refractivity contribution in [3.63, 3.8) is 0 Å². The highest BCUT2D eigenvalue weighted by atomic mass is 79.9. The fourth-order valence-electron chi connectivity index (χ4n) is 3.62. The normalized spacial score (nSPS) is 16.1. The molecule has 1 aliphatic heterocycles. The van der Waals surface area contributed by atoms with Crippen molar-refractivity contribution in [1.82, 2.24) is 4.57 Å². The molecule has 1 atom stereocenters. The zero-order chi connectivity index (χ0) is 18.4. The predicted molar refractivity (Wildman–Crippen MR) is 111 cm³/mol. The molecule has 0 radical (unpaired) electrons. The molecule has 26 heavy (non-hydrogen) atoms. The Balaban J connectivity index is 1.71. The van der Waals surface area contributed by atoms with E-state index in [1.165, 1.54) is 11.6 Å². The number of hydrogen-bond acceptors (Lipinski definition) is 2. The summed E-state index contributed by atoms with van der Waals surface area (Å²) in [6.45, 7) is 2.25. The molecule has 0 bridgehead atoms. The number of fused-ring (bicyclic) bond motifs is 2. The van der Waals surface area contributed by atoms with Crippen LogP contribution in [0.2, 0.25) is 0 Å². The first kappa shape index (κ1) is 17.5. The third-order valence-electron chi connectivity index (χ3n) is 4.77. The molecular formula is C20H16Br2N2O2. The van der Waals surface area contributed by atoms with Gasteiger partial charge in [-0.3, -0.25) is 9.59 Å². The Morgan fingerprint density at radius 1 is 1.12 bits per heavy atom. The van der Waals surface area contributed by atoms with Gasteiger partial charge in [-0.25, -0.2) is 0 Å². The maximum atomic E-state index is 13.1. The van der Waals surface area contributed by atoms with Gasteiger partial charge in [-0.15, -0.1) is 0 Å². The molecule has 2 heterocycles. The quantitative estimate of drug-likeness (QED) is 0.547. The van der Waals surface area contributed by atoms with Crippen molar-refractivity contribution in [2.75, 3.05) is 4.90 Å². The number of aromatic nitrogens is 1. The molecule has 0 fully saturated rings. The molecule has 6 heteroatoms. The first-order valence-corrected chi connectivity index (χ1v) is 9.92. The van der Waals surface area contributed by atoms with E-state index in [9.17, 15) is 9.59 Å². The molecule has 1 aromatic heterocycles. The summed E-state index contributed by atoms with van der Waals surface area (Å²) in [6, 6.07) is 13.2. The molecule has 1 unspecified atom stereocenters. The van der Waals surface area contributed by atoms with Gasteiger partial charge in [0.25, 0.3) is 0 Å². The van der Waals surface area contributed by atoms with Crippen molar-refractivity contribution < 1.29 is 4.79 Å². The lowest BCUT2D eigenvalue weighted by Gasteiger charge is -2.24. The zero-order valence-electron chi connectivity index (χ0n) is 14.1. The number of carbonyl (C=O) groups excluding carboxylic acids is 1. The first-order valence-electron chi connectivity index (χ1n) is 8.33. The minimum Gasteiger partial charge on any atom is -0.338 e. The highest BCUT2D eigenvalue weighted by molar-refractivity contribution is 9.10. The summed E-state index contributed by atoms with van der Waals surface area (Å²) in [5, 5.41) is 0.605. The Morgan fingerprint density at radius 2 is 1.85 bits per heavy atom. The van der Waals surface area contributed by atoms with E-state index in [0.29, 0.717) is 5.39 Å². The van der Waals surface area contributed by atoms with E-state index in [2.05, 4.69) is 44.8 Å². The van der Waals surface area contributed by atoms with Crippen molar-refractivity contribution in [3.05, 3.63) is 73.4 Å². The van der Waals surface area contributed by atoms with Crippen LogP contribution in [0.15, 0.2) is 62.4 Å². The lowest BCUT2D eigenvalue weighted by Crippen LogP contribution is -2.38. The fourth-order valence-corrected chi connectivity index (χ4v) is 4.39. The Bertz CT molecular complexity index is 1090. The number of hydrogen-bond donors (Lipinski definition) is 0. The second kappa shape index (κ2) is 6.67. The molecule has 1 amide bonds. The molecular weight excluding hydrogens is 460 g/mol. The minimum atomic E-state index is -0.0465.